The third kappa shape index (κ3) is 1.84. The molecule has 11 heavy (non-hydrogen) atoms. The van der Waals surface area contributed by atoms with Gasteiger partial charge in [0.1, 0.15) is 3.57 Å². The maximum absolute atomic E-state index is 11.0. The van der Waals surface area contributed by atoms with Gasteiger partial charge in [-0.25, -0.2) is 4.98 Å². The first kappa shape index (κ1) is 8.79. The summed E-state index contributed by atoms with van der Waals surface area (Å²) in [6, 6.07) is 0. The summed E-state index contributed by atoms with van der Waals surface area (Å²) in [7, 11) is 1.65. The first-order chi connectivity index (χ1) is 5.15. The maximum Gasteiger partial charge on any atom is 0.267 e. The molecule has 0 amide bonds. The third-order valence-electron chi connectivity index (χ3n) is 1.06. The summed E-state index contributed by atoms with van der Waals surface area (Å²) in [5.41, 5.74) is -0.227. The van der Waals surface area contributed by atoms with Crippen LogP contribution in [0.15, 0.2) is 4.79 Å². The molecule has 6 heteroatoms. The molecule has 0 aliphatic carbocycles. The number of hydrogen-bond acceptors (Lipinski definition) is 3. The monoisotopic (exact) mass is 285 g/mol. The van der Waals surface area contributed by atoms with Crippen LogP contribution in [-0.4, -0.2) is 17.0 Å². The number of aromatic nitrogens is 2. The average Bonchev–Trinajstić information content (AvgIpc) is 1.99. The zero-order valence-corrected chi connectivity index (χ0v) is 8.52. The molecule has 1 aromatic rings. The molecule has 2 N–H and O–H groups in total. The van der Waals surface area contributed by atoms with E-state index in [2.05, 4.69) is 15.3 Å². The highest BCUT2D eigenvalue weighted by Crippen LogP contribution is 2.11. The molecule has 0 radical (unpaired) electrons. The lowest BCUT2D eigenvalue weighted by Crippen LogP contribution is -2.14. The maximum atomic E-state index is 11.0. The van der Waals surface area contributed by atoms with Crippen LogP contribution in [-0.2, 0) is 0 Å². The number of anilines is 1. The van der Waals surface area contributed by atoms with E-state index in [1.807, 2.05) is 22.6 Å². The summed E-state index contributed by atoms with van der Waals surface area (Å²) in [6.45, 7) is 0. The van der Waals surface area contributed by atoms with Crippen molar-refractivity contribution in [1.29, 1.82) is 0 Å². The fourth-order valence-corrected chi connectivity index (χ4v) is 0.975. The zero-order valence-electron chi connectivity index (χ0n) is 5.61. The largest absolute Gasteiger partial charge is 0.359 e. The molecule has 0 spiro atoms. The van der Waals surface area contributed by atoms with E-state index in [0.29, 0.717) is 9.52 Å². The molecule has 0 saturated heterocycles. The molecule has 0 aromatic carbocycles. The van der Waals surface area contributed by atoms with Crippen LogP contribution in [0.1, 0.15) is 0 Å². The van der Waals surface area contributed by atoms with E-state index in [0.717, 1.165) is 0 Å². The van der Waals surface area contributed by atoms with Crippen LogP contribution < -0.4 is 10.9 Å². The van der Waals surface area contributed by atoms with Gasteiger partial charge in [0.25, 0.3) is 5.56 Å². The van der Waals surface area contributed by atoms with Crippen LogP contribution in [0.4, 0.5) is 5.95 Å². The Morgan fingerprint density at radius 1 is 1.73 bits per heavy atom. The molecule has 0 fully saturated rings. The molecule has 0 aliphatic rings. The normalized spacial score (nSPS) is 9.73. The Morgan fingerprint density at radius 3 is 2.82 bits per heavy atom. The van der Waals surface area contributed by atoms with Crippen LogP contribution >= 0.6 is 34.2 Å². The second-order valence-electron chi connectivity index (χ2n) is 1.77. The molecule has 60 valence electrons. The molecule has 0 unspecified atom stereocenters. The minimum absolute atomic E-state index is 0.221. The molecular formula is C5H5ClIN3O. The summed E-state index contributed by atoms with van der Waals surface area (Å²) in [6.07, 6.45) is 0. The Balaban J connectivity index is 3.32. The lowest BCUT2D eigenvalue weighted by Gasteiger charge is -1.98. The molecule has 1 rings (SSSR count). The van der Waals surface area contributed by atoms with Crippen molar-refractivity contribution in [2.75, 3.05) is 12.4 Å². The van der Waals surface area contributed by atoms with Gasteiger partial charge in [0.2, 0.25) is 5.95 Å². The van der Waals surface area contributed by atoms with Crippen LogP contribution in [0.3, 0.4) is 0 Å². The Morgan fingerprint density at radius 2 is 2.36 bits per heavy atom. The summed E-state index contributed by atoms with van der Waals surface area (Å²) in [5, 5.41) is 2.90. The van der Waals surface area contributed by atoms with Gasteiger partial charge in [-0.15, -0.1) is 0 Å². The number of aromatic amines is 1. The predicted molar refractivity (Wildman–Crippen MR) is 52.1 cm³/mol. The second kappa shape index (κ2) is 3.40. The van der Waals surface area contributed by atoms with Gasteiger partial charge in [-0.3, -0.25) is 9.78 Å². The minimum atomic E-state index is -0.227. The van der Waals surface area contributed by atoms with Crippen LogP contribution in [0.2, 0.25) is 5.15 Å². The van der Waals surface area contributed by atoms with Crippen molar-refractivity contribution in [2.45, 2.75) is 0 Å². The lowest BCUT2D eigenvalue weighted by atomic mass is 10.6. The highest BCUT2D eigenvalue weighted by molar-refractivity contribution is 14.1. The molecular weight excluding hydrogens is 280 g/mol. The van der Waals surface area contributed by atoms with Crippen molar-refractivity contribution >= 4 is 40.1 Å². The minimum Gasteiger partial charge on any atom is -0.359 e. The first-order valence-corrected chi connectivity index (χ1v) is 4.24. The van der Waals surface area contributed by atoms with Gasteiger partial charge < -0.3 is 5.32 Å². The predicted octanol–water partition coefficient (Wildman–Crippen LogP) is 1.07. The van der Waals surface area contributed by atoms with Crippen molar-refractivity contribution in [3.05, 3.63) is 19.1 Å². The molecule has 0 bridgehead atoms. The molecule has 4 nitrogen and oxygen atoms in total. The molecule has 1 heterocycles. The van der Waals surface area contributed by atoms with Crippen LogP contribution in [0, 0.1) is 3.57 Å². The van der Waals surface area contributed by atoms with E-state index in [4.69, 9.17) is 11.6 Å². The third-order valence-corrected chi connectivity index (χ3v) is 2.65. The summed E-state index contributed by atoms with van der Waals surface area (Å²) >= 11 is 7.46. The Hall–Kier alpha value is -0.300. The van der Waals surface area contributed by atoms with Gasteiger partial charge in [-0.1, -0.05) is 11.6 Å². The number of nitrogens with one attached hydrogen (secondary N) is 2. The van der Waals surface area contributed by atoms with Crippen molar-refractivity contribution in [3.8, 4) is 0 Å². The zero-order chi connectivity index (χ0) is 8.43. The summed E-state index contributed by atoms with van der Waals surface area (Å²) in [5.74, 6) is 0.375. The van der Waals surface area contributed by atoms with E-state index in [1.165, 1.54) is 0 Å². The Bertz CT molecular complexity index is 324. The first-order valence-electron chi connectivity index (χ1n) is 2.78. The lowest BCUT2D eigenvalue weighted by molar-refractivity contribution is 1.09. The fourth-order valence-electron chi connectivity index (χ4n) is 0.550. The second-order valence-corrected chi connectivity index (χ2v) is 3.21. The SMILES string of the molecule is CNc1nc(Cl)c(I)c(=O)[nH]1. The fraction of sp³-hybridized carbons (Fsp3) is 0.200. The molecule has 0 aliphatic heterocycles. The Kier molecular flexibility index (Phi) is 2.72. The number of halogens is 2. The number of hydrogen-bond donors (Lipinski definition) is 2. The number of nitrogens with zero attached hydrogens (tertiary/aromatic N) is 1. The Labute approximate surface area is 81.5 Å². The molecule has 1 aromatic heterocycles. The molecule has 0 saturated carbocycles. The topological polar surface area (TPSA) is 57.8 Å². The van der Waals surface area contributed by atoms with Crippen molar-refractivity contribution in [2.24, 2.45) is 0 Å². The number of rotatable bonds is 1. The molecule has 0 atom stereocenters. The highest BCUT2D eigenvalue weighted by atomic mass is 127. The smallest absolute Gasteiger partial charge is 0.267 e. The van der Waals surface area contributed by atoms with Crippen LogP contribution in [0.5, 0.6) is 0 Å². The van der Waals surface area contributed by atoms with Gasteiger partial charge in [0, 0.05) is 7.05 Å². The van der Waals surface area contributed by atoms with Gasteiger partial charge in [0.05, 0.1) is 0 Å². The van der Waals surface area contributed by atoms with E-state index in [1.54, 1.807) is 7.05 Å². The highest BCUT2D eigenvalue weighted by Gasteiger charge is 2.04. The van der Waals surface area contributed by atoms with Gasteiger partial charge >= 0.3 is 0 Å². The van der Waals surface area contributed by atoms with Gasteiger partial charge in [0.15, 0.2) is 5.15 Å². The van der Waals surface area contributed by atoms with E-state index < -0.39 is 0 Å². The quantitative estimate of drug-likeness (QED) is 0.599. The average molecular weight is 285 g/mol. The van der Waals surface area contributed by atoms with Crippen LogP contribution in [0.25, 0.3) is 0 Å². The standard InChI is InChI=1S/C5H5ClIN3O/c1-8-5-9-3(6)2(7)4(11)10-5/h1H3,(H2,8,9,10,11). The number of H-pyrrole nitrogens is 1. The van der Waals surface area contributed by atoms with Crippen molar-refractivity contribution in [1.82, 2.24) is 9.97 Å². The van der Waals surface area contributed by atoms with E-state index in [-0.39, 0.29) is 10.7 Å². The summed E-state index contributed by atoms with van der Waals surface area (Å²) in [4.78, 5) is 17.3. The van der Waals surface area contributed by atoms with Crippen molar-refractivity contribution in [3.63, 3.8) is 0 Å². The van der Waals surface area contributed by atoms with Crippen molar-refractivity contribution < 1.29 is 0 Å². The summed E-state index contributed by atoms with van der Waals surface area (Å²) < 4.78 is 0.406. The van der Waals surface area contributed by atoms with Gasteiger partial charge in [-0.2, -0.15) is 0 Å². The van der Waals surface area contributed by atoms with E-state index in [9.17, 15) is 4.79 Å². The van der Waals surface area contributed by atoms with E-state index >= 15 is 0 Å². The van der Waals surface area contributed by atoms with Gasteiger partial charge in [-0.05, 0) is 22.6 Å².